The highest BCUT2D eigenvalue weighted by Crippen LogP contribution is 2.29. The molecular formula is C18H25N3O3. The molecule has 0 bridgehead atoms. The highest BCUT2D eigenvalue weighted by molar-refractivity contribution is 5.79. The van der Waals surface area contributed by atoms with Gasteiger partial charge in [0.05, 0.1) is 12.1 Å². The third kappa shape index (κ3) is 3.06. The second-order valence-electron chi connectivity index (χ2n) is 7.06. The van der Waals surface area contributed by atoms with Crippen LogP contribution in [-0.2, 0) is 20.8 Å². The number of fused-ring (bicyclic) bond motifs is 1. The number of aromatic nitrogens is 1. The minimum atomic E-state index is 0.132. The van der Waals surface area contributed by atoms with Gasteiger partial charge >= 0.3 is 0 Å². The first-order valence-corrected chi connectivity index (χ1v) is 8.85. The topological polar surface area (TPSA) is 54.9 Å². The van der Waals surface area contributed by atoms with E-state index in [1.807, 2.05) is 12.4 Å². The van der Waals surface area contributed by atoms with E-state index in [1.54, 1.807) is 0 Å². The van der Waals surface area contributed by atoms with Gasteiger partial charge in [0.2, 0.25) is 5.91 Å². The predicted molar refractivity (Wildman–Crippen MR) is 88.5 cm³/mol. The van der Waals surface area contributed by atoms with Crippen LogP contribution in [0.1, 0.15) is 24.0 Å². The summed E-state index contributed by atoms with van der Waals surface area (Å²) in [4.78, 5) is 21.2. The fourth-order valence-corrected chi connectivity index (χ4v) is 4.19. The van der Waals surface area contributed by atoms with E-state index < -0.39 is 0 Å². The number of pyridine rings is 1. The minimum Gasteiger partial charge on any atom is -0.381 e. The third-order valence-corrected chi connectivity index (χ3v) is 5.49. The molecule has 0 aromatic carbocycles. The normalized spacial score (nSPS) is 29.0. The van der Waals surface area contributed by atoms with Gasteiger partial charge in [-0.3, -0.25) is 14.7 Å². The zero-order valence-electron chi connectivity index (χ0n) is 14.2. The fourth-order valence-electron chi connectivity index (χ4n) is 4.19. The van der Waals surface area contributed by atoms with Gasteiger partial charge in [-0.05, 0) is 37.0 Å². The molecule has 1 aromatic rings. The van der Waals surface area contributed by atoms with Crippen LogP contribution in [0.25, 0.3) is 0 Å². The van der Waals surface area contributed by atoms with Crippen LogP contribution in [0.5, 0.6) is 0 Å². The van der Waals surface area contributed by atoms with Crippen molar-refractivity contribution in [2.75, 3.05) is 32.9 Å². The summed E-state index contributed by atoms with van der Waals surface area (Å²) in [6.45, 7) is 6.50. The van der Waals surface area contributed by atoms with Crippen molar-refractivity contribution in [3.05, 3.63) is 29.6 Å². The molecule has 130 valence electrons. The summed E-state index contributed by atoms with van der Waals surface area (Å²) in [5.74, 6) is 0.144. The number of hydrogen-bond donors (Lipinski definition) is 0. The molecule has 0 N–H and O–H groups in total. The Morgan fingerprint density at radius 1 is 1.29 bits per heavy atom. The molecule has 6 heteroatoms. The Balaban J connectivity index is 1.47. The average molecular weight is 331 g/mol. The zero-order valence-corrected chi connectivity index (χ0v) is 14.2. The largest absolute Gasteiger partial charge is 0.381 e. The Morgan fingerprint density at radius 2 is 2.12 bits per heavy atom. The first-order chi connectivity index (χ1) is 11.7. The lowest BCUT2D eigenvalue weighted by Crippen LogP contribution is -2.58. The van der Waals surface area contributed by atoms with Crippen molar-refractivity contribution in [3.63, 3.8) is 0 Å². The summed E-state index contributed by atoms with van der Waals surface area (Å²) in [6.07, 6.45) is 5.77. The summed E-state index contributed by atoms with van der Waals surface area (Å²) in [5.41, 5.74) is 2.51. The van der Waals surface area contributed by atoms with E-state index in [9.17, 15) is 4.79 Å². The van der Waals surface area contributed by atoms with Crippen LogP contribution in [0.2, 0.25) is 0 Å². The first kappa shape index (κ1) is 16.0. The SMILES string of the molecule is Cc1cnccc1CN1C[C@@H]2OCC(=O)N(C3CCOCC3)[C@H]2C1. The van der Waals surface area contributed by atoms with Gasteiger partial charge in [-0.2, -0.15) is 0 Å². The number of carbonyl (C=O) groups is 1. The van der Waals surface area contributed by atoms with Crippen molar-refractivity contribution in [1.82, 2.24) is 14.8 Å². The molecule has 1 amide bonds. The number of amides is 1. The van der Waals surface area contributed by atoms with Gasteiger partial charge in [0, 0.05) is 51.3 Å². The van der Waals surface area contributed by atoms with Crippen LogP contribution >= 0.6 is 0 Å². The van der Waals surface area contributed by atoms with Crippen molar-refractivity contribution in [2.45, 2.75) is 44.5 Å². The smallest absolute Gasteiger partial charge is 0.249 e. The summed E-state index contributed by atoms with van der Waals surface area (Å²) in [5, 5.41) is 0. The molecule has 0 unspecified atom stereocenters. The second-order valence-corrected chi connectivity index (χ2v) is 7.06. The summed E-state index contributed by atoms with van der Waals surface area (Å²) in [6, 6.07) is 2.57. The lowest BCUT2D eigenvalue weighted by Gasteiger charge is -2.43. The van der Waals surface area contributed by atoms with Gasteiger partial charge in [-0.25, -0.2) is 0 Å². The highest BCUT2D eigenvalue weighted by atomic mass is 16.5. The quantitative estimate of drug-likeness (QED) is 0.826. The van der Waals surface area contributed by atoms with Crippen LogP contribution < -0.4 is 0 Å². The molecule has 4 heterocycles. The van der Waals surface area contributed by atoms with Crippen LogP contribution in [0.3, 0.4) is 0 Å². The van der Waals surface area contributed by atoms with Gasteiger partial charge < -0.3 is 14.4 Å². The highest BCUT2D eigenvalue weighted by Gasteiger charge is 2.45. The Morgan fingerprint density at radius 3 is 2.92 bits per heavy atom. The van der Waals surface area contributed by atoms with E-state index in [0.717, 1.165) is 45.7 Å². The molecule has 0 spiro atoms. The van der Waals surface area contributed by atoms with Crippen molar-refractivity contribution in [3.8, 4) is 0 Å². The van der Waals surface area contributed by atoms with Crippen LogP contribution in [0, 0.1) is 6.92 Å². The minimum absolute atomic E-state index is 0.132. The number of aryl methyl sites for hydroxylation is 1. The summed E-state index contributed by atoms with van der Waals surface area (Å²) >= 11 is 0. The van der Waals surface area contributed by atoms with E-state index in [2.05, 4.69) is 27.8 Å². The fraction of sp³-hybridized carbons (Fsp3) is 0.667. The first-order valence-electron chi connectivity index (χ1n) is 8.85. The summed E-state index contributed by atoms with van der Waals surface area (Å²) in [7, 11) is 0. The van der Waals surface area contributed by atoms with Crippen LogP contribution in [0.4, 0.5) is 0 Å². The molecule has 3 aliphatic rings. The van der Waals surface area contributed by atoms with Crippen molar-refractivity contribution in [2.24, 2.45) is 0 Å². The van der Waals surface area contributed by atoms with Crippen molar-refractivity contribution in [1.29, 1.82) is 0 Å². The second kappa shape index (κ2) is 6.78. The van der Waals surface area contributed by atoms with Gasteiger partial charge in [0.25, 0.3) is 0 Å². The predicted octanol–water partition coefficient (Wildman–Crippen LogP) is 0.981. The number of likely N-dealkylation sites (tertiary alicyclic amines) is 1. The van der Waals surface area contributed by atoms with Crippen LogP contribution in [0.15, 0.2) is 18.5 Å². The molecule has 4 rings (SSSR count). The maximum atomic E-state index is 12.5. The molecule has 2 atom stereocenters. The number of morpholine rings is 1. The number of rotatable bonds is 3. The Kier molecular flexibility index (Phi) is 4.52. The maximum Gasteiger partial charge on any atom is 0.249 e. The molecule has 24 heavy (non-hydrogen) atoms. The summed E-state index contributed by atoms with van der Waals surface area (Å²) < 4.78 is 11.3. The van der Waals surface area contributed by atoms with E-state index in [1.165, 1.54) is 11.1 Å². The van der Waals surface area contributed by atoms with Gasteiger partial charge in [0.1, 0.15) is 6.61 Å². The van der Waals surface area contributed by atoms with Crippen molar-refractivity contribution < 1.29 is 14.3 Å². The third-order valence-electron chi connectivity index (χ3n) is 5.49. The molecule has 3 saturated heterocycles. The van der Waals surface area contributed by atoms with Crippen molar-refractivity contribution >= 4 is 5.91 Å². The Hall–Kier alpha value is -1.50. The zero-order chi connectivity index (χ0) is 16.5. The Labute approximate surface area is 142 Å². The standard InChI is InChI=1S/C18H25N3O3/c1-13-8-19-5-2-14(13)9-20-10-16-17(11-20)24-12-18(22)21(16)15-3-6-23-7-4-15/h2,5,8,15-17H,3-4,6-7,9-12H2,1H3/t16-,17-/m0/s1. The Bertz CT molecular complexity index is 603. The lowest BCUT2D eigenvalue weighted by atomic mass is 10.0. The molecule has 0 radical (unpaired) electrons. The molecule has 3 aliphatic heterocycles. The number of ether oxygens (including phenoxy) is 2. The van der Waals surface area contributed by atoms with Gasteiger partial charge in [-0.1, -0.05) is 0 Å². The maximum absolute atomic E-state index is 12.5. The van der Waals surface area contributed by atoms with Gasteiger partial charge in [0.15, 0.2) is 0 Å². The molecule has 1 aromatic heterocycles. The van der Waals surface area contributed by atoms with Crippen LogP contribution in [-0.4, -0.2) is 71.8 Å². The van der Waals surface area contributed by atoms with E-state index in [-0.39, 0.29) is 24.7 Å². The molecule has 3 fully saturated rings. The lowest BCUT2D eigenvalue weighted by molar-refractivity contribution is -0.159. The molecule has 6 nitrogen and oxygen atoms in total. The van der Waals surface area contributed by atoms with E-state index >= 15 is 0 Å². The molecule has 0 saturated carbocycles. The molecule has 0 aliphatic carbocycles. The van der Waals surface area contributed by atoms with E-state index in [0.29, 0.717) is 6.04 Å². The van der Waals surface area contributed by atoms with Gasteiger partial charge in [-0.15, -0.1) is 0 Å². The number of nitrogens with zero attached hydrogens (tertiary/aromatic N) is 3. The van der Waals surface area contributed by atoms with E-state index in [4.69, 9.17) is 9.47 Å². The average Bonchev–Trinajstić information content (AvgIpc) is 3.00. The number of hydrogen-bond acceptors (Lipinski definition) is 5. The molecular weight excluding hydrogens is 306 g/mol. The number of carbonyl (C=O) groups excluding carboxylic acids is 1. The monoisotopic (exact) mass is 331 g/mol.